The highest BCUT2D eigenvalue weighted by Gasteiger charge is 2.44. The van der Waals surface area contributed by atoms with Crippen LogP contribution in [0.15, 0.2) is 29.8 Å². The number of hydrogen-bond acceptors (Lipinski definition) is 9. The van der Waals surface area contributed by atoms with Crippen LogP contribution in [0.25, 0.3) is 10.4 Å². The number of amides is 2. The van der Waals surface area contributed by atoms with Crippen LogP contribution in [0.2, 0.25) is 0 Å². The molecule has 0 unspecified atom stereocenters. The van der Waals surface area contributed by atoms with E-state index < -0.39 is 23.5 Å². The molecular formula is C39H60IN3O7S. The van der Waals surface area contributed by atoms with Crippen molar-refractivity contribution in [3.8, 4) is 10.4 Å². The number of β-amino-alcohol motifs (C(OH)–C–C–N with tert-alkyl or cyclic N) is 1. The lowest BCUT2D eigenvalue weighted by Crippen LogP contribution is -2.50. The number of ketones is 1. The molecule has 1 aliphatic rings. The second-order valence-electron chi connectivity index (χ2n) is 14.5. The fraction of sp³-hybridized carbons (Fsp3) is 0.692. The van der Waals surface area contributed by atoms with Gasteiger partial charge in [-0.3, -0.25) is 14.4 Å². The standard InChI is InChI=1S/C39H60IN3O7S/c1-29-36(51-28-42-29)31-15-13-30(14-16-31)26-41-37(46)35-25-33(45)27-43(35)38(47)34(39(2,3)4)24-32(44)12-8-7-11-19-49-21-23-50-22-20-48-18-10-6-5-9-17-40/h13-16,28,33-35,45H,5-12,17-27H2,1-4H3,(H,41,46)/t33-,34-,35+/m1/s1. The molecule has 1 aromatic carbocycles. The third-order valence-corrected chi connectivity index (χ3v) is 11.0. The van der Waals surface area contributed by atoms with Gasteiger partial charge < -0.3 is 29.5 Å². The predicted octanol–water partition coefficient (Wildman–Crippen LogP) is 6.92. The van der Waals surface area contributed by atoms with Gasteiger partial charge in [0.25, 0.3) is 0 Å². The molecule has 3 atom stereocenters. The largest absolute Gasteiger partial charge is 0.391 e. The minimum Gasteiger partial charge on any atom is -0.391 e. The molecule has 1 aliphatic heterocycles. The molecule has 1 saturated heterocycles. The SMILES string of the molecule is Cc1ncsc1-c1ccc(CNC(=O)[C@@H]2C[C@@H](O)CN2C(=O)[C@@H](CC(=O)CCCCCOCCOCCOCCCCCCI)C(C)(C)C)cc1. The summed E-state index contributed by atoms with van der Waals surface area (Å²) in [5, 5.41) is 13.5. The Hall–Kier alpha value is -1.97. The van der Waals surface area contributed by atoms with Crippen molar-refractivity contribution in [2.24, 2.45) is 11.3 Å². The van der Waals surface area contributed by atoms with Crippen molar-refractivity contribution in [3.63, 3.8) is 0 Å². The number of unbranched alkanes of at least 4 members (excludes halogenated alkanes) is 5. The molecule has 0 saturated carbocycles. The van der Waals surface area contributed by atoms with E-state index in [1.165, 1.54) is 28.6 Å². The average molecular weight is 842 g/mol. The number of likely N-dealkylation sites (tertiary alicyclic amines) is 1. The molecular weight excluding hydrogens is 781 g/mol. The van der Waals surface area contributed by atoms with E-state index in [0.717, 1.165) is 54.0 Å². The number of carbonyl (C=O) groups excluding carboxylic acids is 3. The van der Waals surface area contributed by atoms with Crippen LogP contribution in [0.1, 0.15) is 96.2 Å². The Kier molecular flexibility index (Phi) is 20.1. The quantitative estimate of drug-likeness (QED) is 0.0627. The first-order chi connectivity index (χ1) is 24.5. The summed E-state index contributed by atoms with van der Waals surface area (Å²) in [5.41, 5.74) is 4.34. The molecule has 10 nitrogen and oxygen atoms in total. The first-order valence-corrected chi connectivity index (χ1v) is 21.0. The Morgan fingerprint density at radius 2 is 1.55 bits per heavy atom. The Labute approximate surface area is 322 Å². The zero-order valence-corrected chi connectivity index (χ0v) is 34.1. The number of carbonyl (C=O) groups is 3. The Balaban J connectivity index is 1.34. The molecule has 2 aromatic rings. The highest BCUT2D eigenvalue weighted by Crippen LogP contribution is 2.34. The van der Waals surface area contributed by atoms with E-state index in [1.807, 2.05) is 57.5 Å². The molecule has 51 heavy (non-hydrogen) atoms. The number of aliphatic hydroxyl groups excluding tert-OH is 1. The lowest BCUT2D eigenvalue weighted by Gasteiger charge is -2.34. The Morgan fingerprint density at radius 3 is 2.14 bits per heavy atom. The van der Waals surface area contributed by atoms with Crippen molar-refractivity contribution in [1.82, 2.24) is 15.2 Å². The van der Waals surface area contributed by atoms with Crippen LogP contribution in [0.3, 0.4) is 0 Å². The van der Waals surface area contributed by atoms with Crippen LogP contribution in [0.4, 0.5) is 0 Å². The van der Waals surface area contributed by atoms with Gasteiger partial charge in [0.2, 0.25) is 11.8 Å². The van der Waals surface area contributed by atoms with E-state index in [4.69, 9.17) is 14.2 Å². The maximum absolute atomic E-state index is 13.9. The van der Waals surface area contributed by atoms with Gasteiger partial charge >= 0.3 is 0 Å². The number of hydrogen-bond donors (Lipinski definition) is 2. The Morgan fingerprint density at radius 1 is 0.941 bits per heavy atom. The number of Topliss-reactive ketones (excluding diaryl/α,β-unsaturated/α-hetero) is 1. The van der Waals surface area contributed by atoms with E-state index in [-0.39, 0.29) is 37.0 Å². The maximum atomic E-state index is 13.9. The van der Waals surface area contributed by atoms with Crippen LogP contribution in [-0.4, -0.2) is 95.3 Å². The highest BCUT2D eigenvalue weighted by atomic mass is 127. The van der Waals surface area contributed by atoms with Crippen LogP contribution >= 0.6 is 33.9 Å². The smallest absolute Gasteiger partial charge is 0.243 e. The summed E-state index contributed by atoms with van der Waals surface area (Å²) < 4.78 is 18.1. The summed E-state index contributed by atoms with van der Waals surface area (Å²) in [6, 6.07) is 7.20. The van der Waals surface area contributed by atoms with Crippen molar-refractivity contribution in [1.29, 1.82) is 0 Å². The number of aromatic nitrogens is 1. The second kappa shape index (κ2) is 23.6. The van der Waals surface area contributed by atoms with E-state index in [2.05, 4.69) is 32.9 Å². The molecule has 1 fully saturated rings. The van der Waals surface area contributed by atoms with Gasteiger partial charge in [0, 0.05) is 51.5 Å². The Bertz CT molecular complexity index is 1320. The lowest BCUT2D eigenvalue weighted by molar-refractivity contribution is -0.146. The third kappa shape index (κ3) is 15.9. The molecule has 1 aromatic heterocycles. The lowest BCUT2D eigenvalue weighted by atomic mass is 9.76. The average Bonchev–Trinajstić information content (AvgIpc) is 3.72. The maximum Gasteiger partial charge on any atom is 0.243 e. The minimum absolute atomic E-state index is 0.0400. The zero-order chi connectivity index (χ0) is 37.1. The molecule has 3 rings (SSSR count). The van der Waals surface area contributed by atoms with Crippen LogP contribution in [0.5, 0.6) is 0 Å². The summed E-state index contributed by atoms with van der Waals surface area (Å²) >= 11 is 4.01. The second-order valence-corrected chi connectivity index (χ2v) is 16.4. The molecule has 2 heterocycles. The zero-order valence-electron chi connectivity index (χ0n) is 31.1. The molecule has 2 N–H and O–H groups in total. The first-order valence-electron chi connectivity index (χ1n) is 18.6. The monoisotopic (exact) mass is 841 g/mol. The summed E-state index contributed by atoms with van der Waals surface area (Å²) in [6.45, 7) is 11.9. The normalized spacial score (nSPS) is 16.8. The van der Waals surface area contributed by atoms with Crippen LogP contribution in [-0.2, 0) is 35.1 Å². The number of alkyl halides is 1. The number of ether oxygens (including phenoxy) is 3. The van der Waals surface area contributed by atoms with Gasteiger partial charge in [0.1, 0.15) is 11.8 Å². The van der Waals surface area contributed by atoms with Gasteiger partial charge in [0.05, 0.1) is 48.6 Å². The van der Waals surface area contributed by atoms with Crippen molar-refractivity contribution >= 4 is 51.5 Å². The van der Waals surface area contributed by atoms with Crippen LogP contribution < -0.4 is 5.32 Å². The number of nitrogens with one attached hydrogen (secondary N) is 1. The summed E-state index contributed by atoms with van der Waals surface area (Å²) in [6.07, 6.45) is 7.24. The van der Waals surface area contributed by atoms with E-state index in [9.17, 15) is 19.5 Å². The van der Waals surface area contributed by atoms with E-state index in [0.29, 0.717) is 46.0 Å². The molecule has 0 aliphatic carbocycles. The fourth-order valence-corrected chi connectivity index (χ4v) is 7.51. The van der Waals surface area contributed by atoms with Gasteiger partial charge in [-0.25, -0.2) is 4.98 Å². The number of rotatable bonds is 25. The summed E-state index contributed by atoms with van der Waals surface area (Å²) in [4.78, 5) is 47.3. The number of aliphatic hydroxyl groups is 1. The van der Waals surface area contributed by atoms with Crippen molar-refractivity contribution in [2.75, 3.05) is 50.6 Å². The third-order valence-electron chi connectivity index (χ3n) is 9.23. The number of aryl methyl sites for hydroxylation is 1. The number of benzene rings is 1. The molecule has 12 heteroatoms. The van der Waals surface area contributed by atoms with Crippen molar-refractivity contribution in [2.45, 2.75) is 111 Å². The summed E-state index contributed by atoms with van der Waals surface area (Å²) in [5.74, 6) is -1.10. The molecule has 0 bridgehead atoms. The topological polar surface area (TPSA) is 127 Å². The molecule has 0 radical (unpaired) electrons. The molecule has 2 amide bonds. The van der Waals surface area contributed by atoms with Crippen molar-refractivity contribution < 1.29 is 33.7 Å². The molecule has 286 valence electrons. The van der Waals surface area contributed by atoms with Gasteiger partial charge in [-0.05, 0) is 53.6 Å². The molecule has 0 spiro atoms. The first kappa shape index (κ1) is 43.4. The van der Waals surface area contributed by atoms with Gasteiger partial charge in [-0.2, -0.15) is 0 Å². The van der Waals surface area contributed by atoms with Gasteiger partial charge in [0.15, 0.2) is 0 Å². The van der Waals surface area contributed by atoms with Gasteiger partial charge in [-0.1, -0.05) is 86.9 Å². The number of halogens is 1. The number of thiazole rings is 1. The van der Waals surface area contributed by atoms with E-state index >= 15 is 0 Å². The minimum atomic E-state index is -0.791. The van der Waals surface area contributed by atoms with Gasteiger partial charge in [-0.15, -0.1) is 11.3 Å². The number of nitrogens with zero attached hydrogens (tertiary/aromatic N) is 2. The van der Waals surface area contributed by atoms with Crippen molar-refractivity contribution in [3.05, 3.63) is 41.0 Å². The summed E-state index contributed by atoms with van der Waals surface area (Å²) in [7, 11) is 0. The predicted molar refractivity (Wildman–Crippen MR) is 211 cm³/mol. The van der Waals surface area contributed by atoms with E-state index in [1.54, 1.807) is 11.3 Å². The fourth-order valence-electron chi connectivity index (χ4n) is 6.16. The highest BCUT2D eigenvalue weighted by molar-refractivity contribution is 14.1. The van der Waals surface area contributed by atoms with Crippen LogP contribution in [0, 0.1) is 18.3 Å².